The maximum atomic E-state index is 11.5. The van der Waals surface area contributed by atoms with Crippen LogP contribution in [-0.4, -0.2) is 31.6 Å². The van der Waals surface area contributed by atoms with Gasteiger partial charge in [0.15, 0.2) is 6.61 Å². The van der Waals surface area contributed by atoms with E-state index in [1.807, 2.05) is 6.92 Å². The largest absolute Gasteiger partial charge is 0.484 e. The highest BCUT2D eigenvalue weighted by molar-refractivity contribution is 6.42. The number of benzene rings is 1. The molecule has 21 heavy (non-hydrogen) atoms. The Morgan fingerprint density at radius 1 is 1.24 bits per heavy atom. The average molecular weight is 334 g/mol. The van der Waals surface area contributed by atoms with Crippen molar-refractivity contribution in [2.24, 2.45) is 0 Å². The number of hydrogen-bond donors (Lipinski definition) is 1. The van der Waals surface area contributed by atoms with Crippen LogP contribution in [0.5, 0.6) is 5.75 Å². The lowest BCUT2D eigenvalue weighted by Crippen LogP contribution is -2.31. The lowest BCUT2D eigenvalue weighted by Gasteiger charge is -2.08. The first kappa shape index (κ1) is 17.6. The molecule has 0 bridgehead atoms. The lowest BCUT2D eigenvalue weighted by molar-refractivity contribution is -0.143. The van der Waals surface area contributed by atoms with E-state index in [9.17, 15) is 9.59 Å². The maximum absolute atomic E-state index is 11.5. The van der Waals surface area contributed by atoms with E-state index in [4.69, 9.17) is 32.7 Å². The molecule has 0 saturated heterocycles. The van der Waals surface area contributed by atoms with Crippen LogP contribution >= 0.6 is 23.2 Å². The number of ether oxygens (including phenoxy) is 2. The van der Waals surface area contributed by atoms with Gasteiger partial charge in [-0.25, -0.2) is 0 Å². The summed E-state index contributed by atoms with van der Waals surface area (Å²) in [5.41, 5.74) is 0. The van der Waals surface area contributed by atoms with E-state index in [1.165, 1.54) is 6.07 Å². The molecule has 0 saturated carbocycles. The standard InChI is InChI=1S/C14H17Cl2NO4/c1-2-7-20-14(19)5-6-17-13(18)9-21-10-3-4-11(15)12(16)8-10/h3-4,8H,2,5-7,9H2,1H3,(H,17,18). The second-order valence-corrected chi connectivity index (χ2v) is 5.00. The highest BCUT2D eigenvalue weighted by Gasteiger charge is 2.06. The van der Waals surface area contributed by atoms with Crippen LogP contribution in [0.4, 0.5) is 0 Å². The zero-order valence-electron chi connectivity index (χ0n) is 11.7. The van der Waals surface area contributed by atoms with Crippen LogP contribution in [0.3, 0.4) is 0 Å². The van der Waals surface area contributed by atoms with E-state index in [0.717, 1.165) is 6.42 Å². The second-order valence-electron chi connectivity index (χ2n) is 4.19. The molecule has 0 heterocycles. The van der Waals surface area contributed by atoms with Gasteiger partial charge in [0.05, 0.1) is 23.1 Å². The van der Waals surface area contributed by atoms with E-state index in [1.54, 1.807) is 12.1 Å². The summed E-state index contributed by atoms with van der Waals surface area (Å²) in [4.78, 5) is 22.7. The van der Waals surface area contributed by atoms with Crippen molar-refractivity contribution in [2.75, 3.05) is 19.8 Å². The summed E-state index contributed by atoms with van der Waals surface area (Å²) in [6, 6.07) is 4.73. The molecule has 1 aromatic rings. The molecule has 0 aromatic heterocycles. The first-order chi connectivity index (χ1) is 10.0. The number of carbonyl (C=O) groups is 2. The van der Waals surface area contributed by atoms with Crippen molar-refractivity contribution in [3.05, 3.63) is 28.2 Å². The van der Waals surface area contributed by atoms with Crippen LogP contribution in [0.2, 0.25) is 10.0 Å². The van der Waals surface area contributed by atoms with E-state index in [-0.39, 0.29) is 31.4 Å². The van der Waals surface area contributed by atoms with Gasteiger partial charge in [-0.2, -0.15) is 0 Å². The van der Waals surface area contributed by atoms with Gasteiger partial charge in [0.2, 0.25) is 0 Å². The van der Waals surface area contributed by atoms with Gasteiger partial charge >= 0.3 is 5.97 Å². The molecule has 7 heteroatoms. The molecule has 5 nitrogen and oxygen atoms in total. The fraction of sp³-hybridized carbons (Fsp3) is 0.429. The molecule has 0 radical (unpaired) electrons. The summed E-state index contributed by atoms with van der Waals surface area (Å²) in [7, 11) is 0. The third kappa shape index (κ3) is 7.20. The van der Waals surface area contributed by atoms with Gasteiger partial charge in [0, 0.05) is 12.6 Å². The molecule has 0 atom stereocenters. The first-order valence-corrected chi connectivity index (χ1v) is 7.28. The number of esters is 1. The first-order valence-electron chi connectivity index (χ1n) is 6.53. The maximum Gasteiger partial charge on any atom is 0.307 e. The molecule has 1 aromatic carbocycles. The predicted octanol–water partition coefficient (Wildman–Crippen LogP) is 2.83. The van der Waals surface area contributed by atoms with Gasteiger partial charge in [-0.15, -0.1) is 0 Å². The number of halogens is 2. The normalized spacial score (nSPS) is 10.0. The minimum atomic E-state index is -0.331. The summed E-state index contributed by atoms with van der Waals surface area (Å²) in [6.45, 7) is 2.36. The highest BCUT2D eigenvalue weighted by Crippen LogP contribution is 2.26. The fourth-order valence-corrected chi connectivity index (χ4v) is 1.65. The second kappa shape index (κ2) is 9.47. The molecule has 0 fully saturated rings. The summed E-state index contributed by atoms with van der Waals surface area (Å²) in [5, 5.41) is 3.33. The topological polar surface area (TPSA) is 64.6 Å². The van der Waals surface area contributed by atoms with Crippen LogP contribution in [0.1, 0.15) is 19.8 Å². The van der Waals surface area contributed by atoms with Crippen molar-refractivity contribution in [3.63, 3.8) is 0 Å². The van der Waals surface area contributed by atoms with Gasteiger partial charge in [0.1, 0.15) is 5.75 Å². The molecule has 1 amide bonds. The van der Waals surface area contributed by atoms with E-state index in [0.29, 0.717) is 22.4 Å². The van der Waals surface area contributed by atoms with Crippen LogP contribution in [0, 0.1) is 0 Å². The van der Waals surface area contributed by atoms with Gasteiger partial charge in [-0.1, -0.05) is 30.1 Å². The Hall–Kier alpha value is -1.46. The van der Waals surface area contributed by atoms with Crippen molar-refractivity contribution < 1.29 is 19.1 Å². The Morgan fingerprint density at radius 3 is 2.67 bits per heavy atom. The van der Waals surface area contributed by atoms with Crippen molar-refractivity contribution in [1.82, 2.24) is 5.32 Å². The van der Waals surface area contributed by atoms with Crippen LogP contribution in [0.15, 0.2) is 18.2 Å². The minimum absolute atomic E-state index is 0.137. The van der Waals surface area contributed by atoms with Crippen LogP contribution in [0.25, 0.3) is 0 Å². The third-order valence-electron chi connectivity index (χ3n) is 2.38. The predicted molar refractivity (Wildman–Crippen MR) is 80.8 cm³/mol. The van der Waals surface area contributed by atoms with E-state index in [2.05, 4.69) is 5.32 Å². The SMILES string of the molecule is CCCOC(=O)CCNC(=O)COc1ccc(Cl)c(Cl)c1. The van der Waals surface area contributed by atoms with Gasteiger partial charge in [-0.05, 0) is 18.6 Å². The van der Waals surface area contributed by atoms with Crippen molar-refractivity contribution in [3.8, 4) is 5.75 Å². The molecule has 1 rings (SSSR count). The van der Waals surface area contributed by atoms with Gasteiger partial charge < -0.3 is 14.8 Å². The molecule has 0 aliphatic rings. The molecular formula is C14H17Cl2NO4. The molecule has 0 spiro atoms. The number of hydrogen-bond acceptors (Lipinski definition) is 4. The summed E-state index contributed by atoms with van der Waals surface area (Å²) >= 11 is 11.6. The van der Waals surface area contributed by atoms with Crippen molar-refractivity contribution in [1.29, 1.82) is 0 Å². The zero-order valence-corrected chi connectivity index (χ0v) is 13.2. The molecule has 116 valence electrons. The van der Waals surface area contributed by atoms with Crippen LogP contribution < -0.4 is 10.1 Å². The van der Waals surface area contributed by atoms with E-state index >= 15 is 0 Å². The van der Waals surface area contributed by atoms with Crippen molar-refractivity contribution in [2.45, 2.75) is 19.8 Å². The quantitative estimate of drug-likeness (QED) is 0.743. The number of amides is 1. The Kier molecular flexibility index (Phi) is 7.93. The number of nitrogens with one attached hydrogen (secondary N) is 1. The zero-order chi connectivity index (χ0) is 15.7. The molecular weight excluding hydrogens is 317 g/mol. The lowest BCUT2D eigenvalue weighted by atomic mass is 10.3. The summed E-state index contributed by atoms with van der Waals surface area (Å²) in [6.07, 6.45) is 0.911. The molecule has 0 aliphatic carbocycles. The monoisotopic (exact) mass is 333 g/mol. The Labute approximate surface area is 133 Å². The van der Waals surface area contributed by atoms with Gasteiger partial charge in [0.25, 0.3) is 5.91 Å². The minimum Gasteiger partial charge on any atom is -0.484 e. The average Bonchev–Trinajstić information content (AvgIpc) is 2.46. The Bertz CT molecular complexity index is 494. The fourth-order valence-electron chi connectivity index (χ4n) is 1.36. The molecule has 0 aliphatic heterocycles. The van der Waals surface area contributed by atoms with Crippen LogP contribution in [-0.2, 0) is 14.3 Å². The van der Waals surface area contributed by atoms with E-state index < -0.39 is 0 Å². The van der Waals surface area contributed by atoms with Gasteiger partial charge in [-0.3, -0.25) is 9.59 Å². The van der Waals surface area contributed by atoms with Crippen molar-refractivity contribution >= 4 is 35.1 Å². The smallest absolute Gasteiger partial charge is 0.307 e. The summed E-state index contributed by atoms with van der Waals surface area (Å²) < 4.78 is 10.1. The number of carbonyl (C=O) groups excluding carboxylic acids is 2. The Balaban J connectivity index is 2.22. The third-order valence-corrected chi connectivity index (χ3v) is 3.12. The number of rotatable bonds is 8. The molecule has 0 unspecified atom stereocenters. The Morgan fingerprint density at radius 2 is 2.00 bits per heavy atom. The summed E-state index contributed by atoms with van der Waals surface area (Å²) in [5.74, 6) is -0.214. The molecule has 1 N–H and O–H groups in total. The highest BCUT2D eigenvalue weighted by atomic mass is 35.5.